The Labute approximate surface area is 215 Å². The summed E-state index contributed by atoms with van der Waals surface area (Å²) < 4.78 is 23.1. The van der Waals surface area contributed by atoms with Crippen molar-refractivity contribution in [3.63, 3.8) is 0 Å². The predicted octanol–water partition coefficient (Wildman–Crippen LogP) is 5.93. The first-order valence-corrected chi connectivity index (χ1v) is 12.2. The van der Waals surface area contributed by atoms with Crippen LogP contribution in [-0.4, -0.2) is 30.7 Å². The third-order valence-corrected chi connectivity index (χ3v) is 5.92. The second-order valence-electron chi connectivity index (χ2n) is 8.95. The summed E-state index contributed by atoms with van der Waals surface area (Å²) in [5.41, 5.74) is 1.65. The van der Waals surface area contributed by atoms with E-state index in [2.05, 4.69) is 12.1 Å². The van der Waals surface area contributed by atoms with Crippen molar-refractivity contribution in [2.45, 2.75) is 39.2 Å². The van der Waals surface area contributed by atoms with Gasteiger partial charge in [0.2, 0.25) is 0 Å². The summed E-state index contributed by atoms with van der Waals surface area (Å²) in [6, 6.07) is 19.7. The Kier molecular flexibility index (Phi) is 8.13. The highest BCUT2D eigenvalue weighted by atomic mass is 16.5. The van der Waals surface area contributed by atoms with Gasteiger partial charge < -0.3 is 23.7 Å². The van der Waals surface area contributed by atoms with Crippen LogP contribution in [-0.2, 0) is 11.2 Å². The number of ketones is 1. The first-order valence-electron chi connectivity index (χ1n) is 12.2. The number of hydrogen-bond acceptors (Lipinski definition) is 7. The Balaban J connectivity index is 1.57. The summed E-state index contributed by atoms with van der Waals surface area (Å²) in [4.78, 5) is 24.1. The highest BCUT2D eigenvalue weighted by Gasteiger charge is 2.16. The molecule has 0 fully saturated rings. The van der Waals surface area contributed by atoms with Gasteiger partial charge in [0.15, 0.2) is 22.7 Å². The molecule has 37 heavy (non-hydrogen) atoms. The number of fused-ring (bicyclic) bond motifs is 1. The molecule has 0 radical (unpaired) electrons. The van der Waals surface area contributed by atoms with Gasteiger partial charge in [-0.05, 0) is 56.9 Å². The van der Waals surface area contributed by atoms with Gasteiger partial charge in [0, 0.05) is 23.8 Å². The third-order valence-electron chi connectivity index (χ3n) is 5.92. The zero-order valence-corrected chi connectivity index (χ0v) is 21.2. The Morgan fingerprint density at radius 2 is 1.81 bits per heavy atom. The van der Waals surface area contributed by atoms with E-state index < -0.39 is 5.43 Å². The highest BCUT2D eigenvalue weighted by molar-refractivity contribution is 5.86. The molecule has 7 heteroatoms. The summed E-state index contributed by atoms with van der Waals surface area (Å²) in [6.07, 6.45) is 2.74. The lowest BCUT2D eigenvalue weighted by molar-refractivity contribution is -0.118. The van der Waals surface area contributed by atoms with Crippen molar-refractivity contribution in [2.24, 2.45) is 0 Å². The van der Waals surface area contributed by atoms with Crippen LogP contribution in [0.2, 0.25) is 0 Å². The molecule has 0 saturated heterocycles. The molecule has 0 aliphatic rings. The number of hydrogen-bond donors (Lipinski definition) is 1. The summed E-state index contributed by atoms with van der Waals surface area (Å²) in [7, 11) is 1.57. The first kappa shape index (κ1) is 25.8. The molecule has 0 bridgehead atoms. The fourth-order valence-corrected chi connectivity index (χ4v) is 4.09. The van der Waals surface area contributed by atoms with E-state index in [9.17, 15) is 14.7 Å². The van der Waals surface area contributed by atoms with Gasteiger partial charge in [-0.1, -0.05) is 30.3 Å². The molecule has 1 atom stereocenters. The van der Waals surface area contributed by atoms with Crippen molar-refractivity contribution in [3.8, 4) is 34.3 Å². The van der Waals surface area contributed by atoms with Gasteiger partial charge >= 0.3 is 0 Å². The third kappa shape index (κ3) is 6.50. The maximum Gasteiger partial charge on any atom is 0.197 e. The summed E-state index contributed by atoms with van der Waals surface area (Å²) in [5, 5.41) is 10.4. The lowest BCUT2D eigenvalue weighted by Crippen LogP contribution is -2.12. The van der Waals surface area contributed by atoms with Crippen LogP contribution in [0.3, 0.4) is 0 Å². The van der Waals surface area contributed by atoms with Crippen LogP contribution in [0, 0.1) is 0 Å². The summed E-state index contributed by atoms with van der Waals surface area (Å²) in [5.74, 6) is 1.18. The normalized spacial score (nSPS) is 11.8. The number of rotatable bonds is 11. The van der Waals surface area contributed by atoms with Gasteiger partial charge in [-0.15, -0.1) is 0 Å². The first-order chi connectivity index (χ1) is 17.8. The van der Waals surface area contributed by atoms with E-state index in [-0.39, 0.29) is 41.0 Å². The number of Topliss-reactive ketones (excluding diaryl/α,β-unsaturated/α-hetero) is 1. The van der Waals surface area contributed by atoms with E-state index in [1.54, 1.807) is 25.3 Å². The number of aryl methyl sites for hydroxylation is 1. The molecule has 192 valence electrons. The number of methoxy groups -OCH3 is 1. The summed E-state index contributed by atoms with van der Waals surface area (Å²) in [6.45, 7) is 3.25. The number of benzene rings is 3. The molecule has 1 aromatic heterocycles. The number of carbonyl (C=O) groups is 1. The van der Waals surface area contributed by atoms with Crippen LogP contribution in [0.15, 0.2) is 75.9 Å². The van der Waals surface area contributed by atoms with Gasteiger partial charge in [0.25, 0.3) is 0 Å². The Bertz CT molecular complexity index is 1440. The van der Waals surface area contributed by atoms with Crippen molar-refractivity contribution in [2.75, 3.05) is 13.7 Å². The minimum atomic E-state index is -0.403. The minimum absolute atomic E-state index is 0.0379. The predicted molar refractivity (Wildman–Crippen MR) is 142 cm³/mol. The van der Waals surface area contributed by atoms with E-state index in [1.165, 1.54) is 30.7 Å². The largest absolute Gasteiger partial charge is 0.507 e. The average molecular weight is 503 g/mol. The van der Waals surface area contributed by atoms with Gasteiger partial charge in [0.05, 0.1) is 13.2 Å². The molecule has 1 N–H and O–H groups in total. The van der Waals surface area contributed by atoms with Gasteiger partial charge in [-0.25, -0.2) is 0 Å². The fourth-order valence-electron chi connectivity index (χ4n) is 4.09. The molecule has 4 aromatic rings. The minimum Gasteiger partial charge on any atom is -0.507 e. The second kappa shape index (κ2) is 11.6. The van der Waals surface area contributed by atoms with E-state index in [1.807, 2.05) is 25.1 Å². The number of ether oxygens (including phenoxy) is 3. The molecule has 0 aliphatic carbocycles. The van der Waals surface area contributed by atoms with Crippen molar-refractivity contribution < 1.29 is 28.5 Å². The van der Waals surface area contributed by atoms with Gasteiger partial charge in [0.1, 0.15) is 34.8 Å². The summed E-state index contributed by atoms with van der Waals surface area (Å²) >= 11 is 0. The molecule has 7 nitrogen and oxygen atoms in total. The van der Waals surface area contributed by atoms with Crippen LogP contribution in [0.1, 0.15) is 32.3 Å². The molecule has 3 aromatic carbocycles. The molecule has 0 saturated carbocycles. The SMILES string of the molecule is COc1ccc(-c2cc(=O)c3c(O)cc(OCC(C)=O)cc3o2)cc1OC(C)CCCc1ccccc1. The Hall–Kier alpha value is -4.26. The van der Waals surface area contributed by atoms with E-state index in [0.717, 1.165) is 19.3 Å². The number of phenolic OH excluding ortho intramolecular Hbond substituents is 1. The zero-order chi connectivity index (χ0) is 26.4. The van der Waals surface area contributed by atoms with Crippen molar-refractivity contribution in [3.05, 3.63) is 82.5 Å². The van der Waals surface area contributed by atoms with Crippen LogP contribution in [0.25, 0.3) is 22.3 Å². The van der Waals surface area contributed by atoms with Crippen molar-refractivity contribution >= 4 is 16.8 Å². The topological polar surface area (TPSA) is 95.2 Å². The maximum absolute atomic E-state index is 12.8. The molecule has 0 aliphatic heterocycles. The Morgan fingerprint density at radius 3 is 2.54 bits per heavy atom. The maximum atomic E-state index is 12.8. The van der Waals surface area contributed by atoms with Gasteiger partial charge in [-0.3, -0.25) is 9.59 Å². The quantitative estimate of drug-likeness (QED) is 0.271. The van der Waals surface area contributed by atoms with Gasteiger partial charge in [-0.2, -0.15) is 0 Å². The lowest BCUT2D eigenvalue weighted by atomic mass is 10.1. The van der Waals surface area contributed by atoms with Crippen LogP contribution in [0.4, 0.5) is 0 Å². The van der Waals surface area contributed by atoms with Crippen LogP contribution in [0.5, 0.6) is 23.0 Å². The molecular formula is C30H30O7. The molecule has 4 rings (SSSR count). The number of carbonyl (C=O) groups excluding carboxylic acids is 1. The Morgan fingerprint density at radius 1 is 1.03 bits per heavy atom. The van der Waals surface area contributed by atoms with E-state index in [4.69, 9.17) is 18.6 Å². The number of phenols is 1. The molecule has 0 amide bonds. The molecule has 0 spiro atoms. The molecular weight excluding hydrogens is 472 g/mol. The zero-order valence-electron chi connectivity index (χ0n) is 21.2. The molecule has 1 heterocycles. The highest BCUT2D eigenvalue weighted by Crippen LogP contribution is 2.36. The monoisotopic (exact) mass is 502 g/mol. The van der Waals surface area contributed by atoms with Crippen molar-refractivity contribution in [1.29, 1.82) is 0 Å². The lowest BCUT2D eigenvalue weighted by Gasteiger charge is -2.18. The van der Waals surface area contributed by atoms with E-state index in [0.29, 0.717) is 22.8 Å². The smallest absolute Gasteiger partial charge is 0.197 e. The average Bonchev–Trinajstić information content (AvgIpc) is 2.87. The molecule has 1 unspecified atom stereocenters. The standard InChI is InChI=1S/C30H30O7/c1-19(31)18-35-23-15-24(32)30-25(33)17-27(37-29(30)16-23)22-12-13-26(34-3)28(14-22)36-20(2)8-7-11-21-9-5-4-6-10-21/h4-6,9-10,12-17,20,32H,7-8,11,18H2,1-3H3. The number of aromatic hydroxyl groups is 1. The van der Waals surface area contributed by atoms with Crippen molar-refractivity contribution in [1.82, 2.24) is 0 Å². The van der Waals surface area contributed by atoms with Crippen LogP contribution < -0.4 is 19.6 Å². The van der Waals surface area contributed by atoms with E-state index >= 15 is 0 Å². The van der Waals surface area contributed by atoms with Crippen LogP contribution >= 0.6 is 0 Å². The second-order valence-corrected chi connectivity index (χ2v) is 8.95. The fraction of sp³-hybridized carbons (Fsp3) is 0.267.